The molecule has 0 spiro atoms. The van der Waals surface area contributed by atoms with Crippen molar-refractivity contribution in [1.82, 2.24) is 4.23 Å². The summed E-state index contributed by atoms with van der Waals surface area (Å²) >= 11 is 0. The molecule has 0 atom stereocenters. The Kier molecular flexibility index (Phi) is 7.26. The van der Waals surface area contributed by atoms with Crippen molar-refractivity contribution in [2.45, 2.75) is 32.1 Å². The molecule has 4 nitrogen and oxygen atoms in total. The molecule has 0 N–H and O–H groups in total. The van der Waals surface area contributed by atoms with Crippen LogP contribution in [0.5, 0.6) is 0 Å². The number of rotatable bonds is 8. The Morgan fingerprint density at radius 1 is 1.00 bits per heavy atom. The van der Waals surface area contributed by atoms with E-state index in [9.17, 15) is 0 Å². The van der Waals surface area contributed by atoms with Crippen molar-refractivity contribution in [1.29, 1.82) is 0 Å². The molecule has 0 rings (SSSR count). The average molecular weight is 282 g/mol. The minimum Gasteiger partial charge on any atom is -0.377 e. The summed E-state index contributed by atoms with van der Waals surface area (Å²) in [5.41, 5.74) is 0. The Hall–Kier alpha value is 0.491. The van der Waals surface area contributed by atoms with E-state index < -0.39 is 17.0 Å². The van der Waals surface area contributed by atoms with Gasteiger partial charge in [0.25, 0.3) is 0 Å². The third-order valence-electron chi connectivity index (χ3n) is 3.05. The maximum Gasteiger partial charge on any atom is 0.500 e. The van der Waals surface area contributed by atoms with E-state index in [0.717, 1.165) is 29.4 Å². The van der Waals surface area contributed by atoms with Gasteiger partial charge < -0.3 is 17.5 Å². The molecule has 0 bridgehead atoms. The quantitative estimate of drug-likeness (QED) is 0.612. The zero-order valence-electron chi connectivity index (χ0n) is 11.8. The Balaban J connectivity index is 4.05. The molecule has 16 heavy (non-hydrogen) atoms. The predicted molar refractivity (Wildman–Crippen MR) is 76.2 cm³/mol. The van der Waals surface area contributed by atoms with E-state index in [-0.39, 0.29) is 0 Å². The van der Waals surface area contributed by atoms with Gasteiger partial charge >= 0.3 is 8.80 Å². The maximum absolute atomic E-state index is 5.40. The third kappa shape index (κ3) is 5.21. The zero-order valence-corrected chi connectivity index (χ0v) is 15.8. The topological polar surface area (TPSA) is 30.9 Å². The molecule has 0 aliphatic rings. The van der Waals surface area contributed by atoms with Gasteiger partial charge in [-0.2, -0.15) is 0 Å². The Morgan fingerprint density at radius 2 is 1.44 bits per heavy atom. The van der Waals surface area contributed by atoms with Crippen LogP contribution in [0.1, 0.15) is 6.42 Å². The van der Waals surface area contributed by atoms with Crippen molar-refractivity contribution in [2.24, 2.45) is 0 Å². The smallest absolute Gasteiger partial charge is 0.377 e. The second-order valence-corrected chi connectivity index (χ2v) is 15.2. The van der Waals surface area contributed by atoms with Gasteiger partial charge in [0.05, 0.1) is 10.4 Å². The normalized spacial score (nSPS) is 13.7. The molecular weight excluding hydrogens is 254 g/mol. The summed E-state index contributed by atoms with van der Waals surface area (Å²) in [4.78, 5) is 0. The lowest BCUT2D eigenvalue weighted by molar-refractivity contribution is 0.122. The fourth-order valence-corrected chi connectivity index (χ4v) is 4.27. The Bertz CT molecular complexity index is 187. The van der Waals surface area contributed by atoms with Gasteiger partial charge in [0.15, 0.2) is 0 Å². The van der Waals surface area contributed by atoms with Crippen LogP contribution in [0.3, 0.4) is 0 Å². The van der Waals surface area contributed by atoms with Crippen molar-refractivity contribution < 1.29 is 13.3 Å². The van der Waals surface area contributed by atoms with Gasteiger partial charge in [-0.25, -0.2) is 0 Å². The molecule has 0 radical (unpaired) electrons. The largest absolute Gasteiger partial charge is 0.500 e. The van der Waals surface area contributed by atoms with E-state index in [1.807, 2.05) is 0 Å². The van der Waals surface area contributed by atoms with Crippen LogP contribution in [0.2, 0.25) is 25.7 Å². The van der Waals surface area contributed by atoms with Gasteiger partial charge in [0.1, 0.15) is 8.24 Å². The first-order valence-electron chi connectivity index (χ1n) is 5.68. The molecule has 0 aromatic carbocycles. The van der Waals surface area contributed by atoms with E-state index in [4.69, 9.17) is 13.3 Å². The first kappa shape index (κ1) is 16.5. The van der Waals surface area contributed by atoms with Crippen molar-refractivity contribution >= 4 is 27.4 Å². The summed E-state index contributed by atoms with van der Waals surface area (Å²) in [5.74, 6) is 0. The van der Waals surface area contributed by atoms with Crippen LogP contribution < -0.4 is 0 Å². The summed E-state index contributed by atoms with van der Waals surface area (Å²) in [7, 11) is 2.73. The van der Waals surface area contributed by atoms with E-state index in [0.29, 0.717) is 0 Å². The van der Waals surface area contributed by atoms with Gasteiger partial charge in [-0.1, -0.05) is 19.6 Å². The summed E-state index contributed by atoms with van der Waals surface area (Å²) in [6.45, 7) is 8.29. The van der Waals surface area contributed by atoms with Crippen LogP contribution >= 0.6 is 0 Å². The molecule has 0 fully saturated rings. The molecule has 0 amide bonds. The van der Waals surface area contributed by atoms with E-state index >= 15 is 0 Å². The van der Waals surface area contributed by atoms with Gasteiger partial charge in [-0.3, -0.25) is 0 Å². The SMILES string of the molecule is CO[Si](CCCN([SiH3])[Si](C)(C)C)(OC)OC. The van der Waals surface area contributed by atoms with Crippen molar-refractivity contribution in [3.05, 3.63) is 0 Å². The summed E-state index contributed by atoms with van der Waals surface area (Å²) < 4.78 is 18.8. The monoisotopic (exact) mass is 281 g/mol. The predicted octanol–water partition coefficient (Wildman–Crippen LogP) is 0.672. The molecule has 0 unspecified atom stereocenters. The van der Waals surface area contributed by atoms with Gasteiger partial charge in [0.2, 0.25) is 0 Å². The van der Waals surface area contributed by atoms with Gasteiger partial charge in [0, 0.05) is 27.4 Å². The molecular formula is C9H27NO3Si3. The van der Waals surface area contributed by atoms with Crippen LogP contribution in [0, 0.1) is 0 Å². The van der Waals surface area contributed by atoms with E-state index in [2.05, 4.69) is 23.9 Å². The molecule has 0 aromatic heterocycles. The molecule has 98 valence electrons. The molecule has 7 heteroatoms. The maximum atomic E-state index is 5.40. The van der Waals surface area contributed by atoms with Crippen molar-refractivity contribution in [3.63, 3.8) is 0 Å². The lowest BCUT2D eigenvalue weighted by atomic mass is 10.5. The lowest BCUT2D eigenvalue weighted by Crippen LogP contribution is -2.47. The standard InChI is InChI=1S/C9H27NO3Si3/c1-11-16(12-2,13-3)9-7-8-10(14)15(4,5)6/h7-9H2,1-6,14H3. The van der Waals surface area contributed by atoms with Gasteiger partial charge in [-0.15, -0.1) is 0 Å². The van der Waals surface area contributed by atoms with Crippen LogP contribution in [0.4, 0.5) is 0 Å². The number of nitrogens with zero attached hydrogens (tertiary/aromatic N) is 1. The molecule has 0 saturated carbocycles. The highest BCUT2D eigenvalue weighted by molar-refractivity contribution is 6.77. The summed E-state index contributed by atoms with van der Waals surface area (Å²) in [6.07, 6.45) is 1.09. The zero-order chi connectivity index (χ0) is 12.8. The molecule has 0 heterocycles. The third-order valence-corrected chi connectivity index (χ3v) is 12.9. The molecule has 0 saturated heterocycles. The Labute approximate surface area is 105 Å². The second-order valence-electron chi connectivity index (χ2n) is 4.99. The average Bonchev–Trinajstić information content (AvgIpc) is 2.23. The molecule has 0 aliphatic heterocycles. The minimum atomic E-state index is -2.34. The first-order valence-corrected chi connectivity index (χ1v) is 12.0. The van der Waals surface area contributed by atoms with Crippen LogP contribution in [-0.4, -0.2) is 59.5 Å². The molecule has 0 aliphatic carbocycles. The lowest BCUT2D eigenvalue weighted by Gasteiger charge is -2.31. The minimum absolute atomic E-state index is 0.903. The van der Waals surface area contributed by atoms with E-state index in [1.54, 1.807) is 21.3 Å². The van der Waals surface area contributed by atoms with Crippen molar-refractivity contribution in [2.75, 3.05) is 27.9 Å². The summed E-state index contributed by atoms with van der Waals surface area (Å²) in [6, 6.07) is 0.903. The van der Waals surface area contributed by atoms with Crippen LogP contribution in [0.25, 0.3) is 0 Å². The fraction of sp³-hybridized carbons (Fsp3) is 1.00. The summed E-state index contributed by atoms with van der Waals surface area (Å²) in [5, 5.41) is 0. The van der Waals surface area contributed by atoms with Gasteiger partial charge in [-0.05, 0) is 13.0 Å². The van der Waals surface area contributed by atoms with Crippen LogP contribution in [-0.2, 0) is 13.3 Å². The second kappa shape index (κ2) is 7.04. The van der Waals surface area contributed by atoms with Crippen LogP contribution in [0.15, 0.2) is 0 Å². The Morgan fingerprint density at radius 3 is 1.75 bits per heavy atom. The van der Waals surface area contributed by atoms with E-state index in [1.165, 1.54) is 0 Å². The highest BCUT2D eigenvalue weighted by atomic mass is 28.4. The fourth-order valence-electron chi connectivity index (χ4n) is 1.42. The van der Waals surface area contributed by atoms with Crippen molar-refractivity contribution in [3.8, 4) is 0 Å². The number of hydrogen-bond donors (Lipinski definition) is 0. The first-order chi connectivity index (χ1) is 7.31. The highest BCUT2D eigenvalue weighted by Gasteiger charge is 2.37. The number of hydrogen-bond acceptors (Lipinski definition) is 4. The molecule has 0 aromatic rings. The highest BCUT2D eigenvalue weighted by Crippen LogP contribution is 2.16.